The lowest BCUT2D eigenvalue weighted by atomic mass is 10.2. The standard InChI is InChI=1S/C4H11N5O2/c5-3(6)9-1-4(7,8)2(10)11/h1,7-8H2,(H,10,11)(H4,5,6,9). The van der Waals surface area contributed by atoms with Crippen molar-refractivity contribution in [3.05, 3.63) is 0 Å². The molecule has 0 saturated carbocycles. The second kappa shape index (κ2) is 3.17. The van der Waals surface area contributed by atoms with Crippen molar-refractivity contribution in [1.82, 2.24) is 0 Å². The van der Waals surface area contributed by atoms with E-state index in [-0.39, 0.29) is 12.5 Å². The fraction of sp³-hybridized carbons (Fsp3) is 0.500. The number of hydrogen-bond donors (Lipinski definition) is 5. The SMILES string of the molecule is NC(N)=NCC(N)(N)C(=O)O. The van der Waals surface area contributed by atoms with Gasteiger partial charge in [-0.1, -0.05) is 0 Å². The third kappa shape index (κ3) is 3.38. The van der Waals surface area contributed by atoms with Gasteiger partial charge in [0.15, 0.2) is 11.6 Å². The number of carboxylic acid groups (broad SMARTS) is 1. The van der Waals surface area contributed by atoms with Crippen molar-refractivity contribution in [3.8, 4) is 0 Å². The number of aliphatic carboxylic acids is 1. The van der Waals surface area contributed by atoms with Crippen LogP contribution in [0.4, 0.5) is 0 Å². The van der Waals surface area contributed by atoms with Gasteiger partial charge in [0.1, 0.15) is 0 Å². The minimum Gasteiger partial charge on any atom is -0.479 e. The van der Waals surface area contributed by atoms with E-state index in [4.69, 9.17) is 28.0 Å². The Labute approximate surface area is 63.0 Å². The molecule has 0 aliphatic rings. The summed E-state index contributed by atoms with van der Waals surface area (Å²) >= 11 is 0. The van der Waals surface area contributed by atoms with Gasteiger partial charge in [0.05, 0.1) is 6.54 Å². The van der Waals surface area contributed by atoms with Gasteiger partial charge in [0, 0.05) is 0 Å². The molecule has 0 radical (unpaired) electrons. The van der Waals surface area contributed by atoms with Crippen molar-refractivity contribution in [3.63, 3.8) is 0 Å². The molecular weight excluding hydrogens is 150 g/mol. The van der Waals surface area contributed by atoms with E-state index in [0.29, 0.717) is 0 Å². The molecule has 0 unspecified atom stereocenters. The van der Waals surface area contributed by atoms with Crippen LogP contribution in [0.5, 0.6) is 0 Å². The van der Waals surface area contributed by atoms with Gasteiger partial charge in [0.25, 0.3) is 0 Å². The molecule has 7 nitrogen and oxygen atoms in total. The van der Waals surface area contributed by atoms with Gasteiger partial charge in [-0.3, -0.25) is 0 Å². The van der Waals surface area contributed by atoms with Gasteiger partial charge in [-0.05, 0) is 0 Å². The average Bonchev–Trinajstić information content (AvgIpc) is 1.84. The third-order valence-electron chi connectivity index (χ3n) is 0.921. The molecule has 0 spiro atoms. The molecular formula is C4H11N5O2. The maximum atomic E-state index is 10.2. The third-order valence-corrected chi connectivity index (χ3v) is 0.921. The zero-order chi connectivity index (χ0) is 9.07. The first-order valence-electron chi connectivity index (χ1n) is 2.73. The summed E-state index contributed by atoms with van der Waals surface area (Å²) in [6.45, 7) is -0.343. The minimum absolute atomic E-state index is 0.244. The number of guanidine groups is 1. The number of rotatable bonds is 3. The Morgan fingerprint density at radius 3 is 2.18 bits per heavy atom. The first-order chi connectivity index (χ1) is 4.86. The molecule has 0 amide bonds. The first-order valence-corrected chi connectivity index (χ1v) is 2.73. The molecule has 0 bridgehead atoms. The van der Waals surface area contributed by atoms with Gasteiger partial charge >= 0.3 is 5.97 Å². The molecule has 0 rings (SSSR count). The summed E-state index contributed by atoms with van der Waals surface area (Å²) in [6, 6.07) is 0. The Bertz CT molecular complexity index is 183. The van der Waals surface area contributed by atoms with E-state index >= 15 is 0 Å². The zero-order valence-corrected chi connectivity index (χ0v) is 5.82. The summed E-state index contributed by atoms with van der Waals surface area (Å²) in [7, 11) is 0. The van der Waals surface area contributed by atoms with Crippen molar-refractivity contribution in [2.45, 2.75) is 5.66 Å². The number of carboxylic acids is 1. The van der Waals surface area contributed by atoms with Crippen LogP contribution in [0.3, 0.4) is 0 Å². The van der Waals surface area contributed by atoms with Gasteiger partial charge in [-0.15, -0.1) is 0 Å². The van der Waals surface area contributed by atoms with E-state index in [1.165, 1.54) is 0 Å². The normalized spacial score (nSPS) is 10.7. The Hall–Kier alpha value is -1.34. The second-order valence-electron chi connectivity index (χ2n) is 2.09. The van der Waals surface area contributed by atoms with Crippen molar-refractivity contribution < 1.29 is 9.90 Å². The summed E-state index contributed by atoms with van der Waals surface area (Å²) in [4.78, 5) is 13.6. The minimum atomic E-state index is -1.90. The molecule has 11 heavy (non-hydrogen) atoms. The lowest BCUT2D eigenvalue weighted by Crippen LogP contribution is -2.59. The lowest BCUT2D eigenvalue weighted by Gasteiger charge is -2.15. The van der Waals surface area contributed by atoms with Crippen molar-refractivity contribution in [1.29, 1.82) is 0 Å². The van der Waals surface area contributed by atoms with E-state index in [9.17, 15) is 4.79 Å². The number of aliphatic imine (C=N–C) groups is 1. The Kier molecular flexibility index (Phi) is 2.78. The van der Waals surface area contributed by atoms with Crippen LogP contribution in [0.25, 0.3) is 0 Å². The lowest BCUT2D eigenvalue weighted by molar-refractivity contribution is -0.142. The molecule has 0 aromatic carbocycles. The predicted molar refractivity (Wildman–Crippen MR) is 39.4 cm³/mol. The van der Waals surface area contributed by atoms with E-state index in [0.717, 1.165) is 0 Å². The smallest absolute Gasteiger partial charge is 0.340 e. The number of nitrogens with two attached hydrogens (primary N) is 4. The van der Waals surface area contributed by atoms with Crippen LogP contribution in [0.15, 0.2) is 4.99 Å². The highest BCUT2D eigenvalue weighted by molar-refractivity contribution is 5.79. The van der Waals surface area contributed by atoms with E-state index in [1.54, 1.807) is 0 Å². The molecule has 0 fully saturated rings. The fourth-order valence-electron chi connectivity index (χ4n) is 0.290. The Morgan fingerprint density at radius 1 is 1.45 bits per heavy atom. The molecule has 0 aliphatic heterocycles. The van der Waals surface area contributed by atoms with Gasteiger partial charge in [-0.25, -0.2) is 9.79 Å². The van der Waals surface area contributed by atoms with E-state index in [1.807, 2.05) is 0 Å². The quantitative estimate of drug-likeness (QED) is 0.168. The molecule has 9 N–H and O–H groups in total. The summed E-state index contributed by atoms with van der Waals surface area (Å²) in [5.74, 6) is -1.60. The van der Waals surface area contributed by atoms with Gasteiger partial charge < -0.3 is 28.0 Å². The van der Waals surface area contributed by atoms with Crippen molar-refractivity contribution in [2.24, 2.45) is 27.9 Å². The zero-order valence-electron chi connectivity index (χ0n) is 5.82. The maximum Gasteiger partial charge on any atom is 0.340 e. The Morgan fingerprint density at radius 2 is 1.91 bits per heavy atom. The van der Waals surface area contributed by atoms with E-state index < -0.39 is 11.6 Å². The average molecular weight is 161 g/mol. The number of hydrogen-bond acceptors (Lipinski definition) is 4. The highest BCUT2D eigenvalue weighted by Gasteiger charge is 2.28. The molecule has 0 heterocycles. The van der Waals surface area contributed by atoms with E-state index in [2.05, 4.69) is 4.99 Å². The topological polar surface area (TPSA) is 154 Å². The second-order valence-corrected chi connectivity index (χ2v) is 2.09. The summed E-state index contributed by atoms with van der Waals surface area (Å²) < 4.78 is 0. The van der Waals surface area contributed by atoms with Crippen LogP contribution >= 0.6 is 0 Å². The summed E-state index contributed by atoms with van der Waals surface area (Å²) in [5.41, 5.74) is 18.1. The predicted octanol–water partition coefficient (Wildman–Crippen LogP) is -3.04. The van der Waals surface area contributed by atoms with Crippen molar-refractivity contribution in [2.75, 3.05) is 6.54 Å². The fourth-order valence-corrected chi connectivity index (χ4v) is 0.290. The number of nitrogens with zero attached hydrogens (tertiary/aromatic N) is 1. The molecule has 7 heteroatoms. The highest BCUT2D eigenvalue weighted by Crippen LogP contribution is 1.90. The summed E-state index contributed by atoms with van der Waals surface area (Å²) in [5, 5.41) is 8.35. The largest absolute Gasteiger partial charge is 0.479 e. The van der Waals surface area contributed by atoms with Gasteiger partial charge in [-0.2, -0.15) is 0 Å². The van der Waals surface area contributed by atoms with Crippen LogP contribution < -0.4 is 22.9 Å². The maximum absolute atomic E-state index is 10.2. The highest BCUT2D eigenvalue weighted by atomic mass is 16.4. The van der Waals surface area contributed by atoms with Crippen LogP contribution in [0.2, 0.25) is 0 Å². The number of carbonyl (C=O) groups is 1. The molecule has 0 aliphatic carbocycles. The summed E-state index contributed by atoms with van der Waals surface area (Å²) in [6.07, 6.45) is 0. The van der Waals surface area contributed by atoms with Crippen LogP contribution in [0, 0.1) is 0 Å². The van der Waals surface area contributed by atoms with Gasteiger partial charge in [0.2, 0.25) is 0 Å². The van der Waals surface area contributed by atoms with Crippen molar-refractivity contribution >= 4 is 11.9 Å². The molecule has 0 atom stereocenters. The van der Waals surface area contributed by atoms with Crippen LogP contribution in [-0.4, -0.2) is 29.2 Å². The first kappa shape index (κ1) is 9.66. The molecule has 0 saturated heterocycles. The molecule has 0 aromatic heterocycles. The molecule has 0 aromatic rings. The van der Waals surface area contributed by atoms with Crippen LogP contribution in [0.1, 0.15) is 0 Å². The van der Waals surface area contributed by atoms with Crippen LogP contribution in [-0.2, 0) is 4.79 Å². The molecule has 64 valence electrons. The Balaban J connectivity index is 4.14. The monoisotopic (exact) mass is 161 g/mol.